The summed E-state index contributed by atoms with van der Waals surface area (Å²) in [6.45, 7) is 2.33. The first kappa shape index (κ1) is 20.5. The number of carbonyl (C=O) groups is 1. The summed E-state index contributed by atoms with van der Waals surface area (Å²) < 4.78 is 33.7. The SMILES string of the molecule is CC1CCC2CC(c3ccc(C(=O)Oc4ccc(C#N)c(F)c4)cc3F)CCC2C1. The molecular weight excluding hydrogens is 384 g/mol. The number of benzene rings is 2. The Balaban J connectivity index is 1.45. The van der Waals surface area contributed by atoms with Gasteiger partial charge in [-0.25, -0.2) is 13.6 Å². The van der Waals surface area contributed by atoms with Gasteiger partial charge in [-0.3, -0.25) is 0 Å². The predicted octanol–water partition coefficient (Wildman–Crippen LogP) is 6.38. The van der Waals surface area contributed by atoms with Crippen molar-refractivity contribution in [2.75, 3.05) is 0 Å². The summed E-state index contributed by atoms with van der Waals surface area (Å²) in [6, 6.07) is 9.75. The highest BCUT2D eigenvalue weighted by atomic mass is 19.1. The van der Waals surface area contributed by atoms with Crippen LogP contribution in [-0.2, 0) is 0 Å². The number of nitrogens with zero attached hydrogens (tertiary/aromatic N) is 1. The highest BCUT2D eigenvalue weighted by Crippen LogP contribution is 2.47. The van der Waals surface area contributed by atoms with Crippen LogP contribution in [0.1, 0.15) is 72.9 Å². The van der Waals surface area contributed by atoms with Gasteiger partial charge in [0.25, 0.3) is 0 Å². The summed E-state index contributed by atoms with van der Waals surface area (Å²) in [4.78, 5) is 12.4. The van der Waals surface area contributed by atoms with Gasteiger partial charge in [0.05, 0.1) is 11.1 Å². The molecule has 0 radical (unpaired) electrons. The first-order valence-electron chi connectivity index (χ1n) is 10.7. The number of esters is 1. The number of hydrogen-bond acceptors (Lipinski definition) is 3. The lowest BCUT2D eigenvalue weighted by Crippen LogP contribution is -2.30. The van der Waals surface area contributed by atoms with Crippen LogP contribution in [0.15, 0.2) is 36.4 Å². The molecule has 0 saturated heterocycles. The van der Waals surface area contributed by atoms with E-state index < -0.39 is 11.8 Å². The number of nitriles is 1. The van der Waals surface area contributed by atoms with Gasteiger partial charge in [-0.05, 0) is 85.6 Å². The fraction of sp³-hybridized carbons (Fsp3) is 0.440. The van der Waals surface area contributed by atoms with Crippen molar-refractivity contribution in [2.24, 2.45) is 17.8 Å². The van der Waals surface area contributed by atoms with Gasteiger partial charge < -0.3 is 4.74 Å². The molecule has 30 heavy (non-hydrogen) atoms. The third-order valence-electron chi connectivity index (χ3n) is 6.82. The predicted molar refractivity (Wildman–Crippen MR) is 109 cm³/mol. The third-order valence-corrected chi connectivity index (χ3v) is 6.82. The number of halogens is 2. The van der Waals surface area contributed by atoms with Crippen LogP contribution in [-0.4, -0.2) is 5.97 Å². The Kier molecular flexibility index (Phi) is 5.85. The minimum Gasteiger partial charge on any atom is -0.423 e. The molecule has 156 valence electrons. The molecule has 2 aliphatic carbocycles. The molecule has 0 amide bonds. The van der Waals surface area contributed by atoms with E-state index in [4.69, 9.17) is 10.00 Å². The largest absolute Gasteiger partial charge is 0.423 e. The van der Waals surface area contributed by atoms with Gasteiger partial charge in [-0.1, -0.05) is 19.4 Å². The van der Waals surface area contributed by atoms with Crippen molar-refractivity contribution in [1.82, 2.24) is 0 Å². The third kappa shape index (κ3) is 4.23. The van der Waals surface area contributed by atoms with E-state index >= 15 is 0 Å². The van der Waals surface area contributed by atoms with Crippen molar-refractivity contribution in [2.45, 2.75) is 51.4 Å². The Bertz CT molecular complexity index is 997. The van der Waals surface area contributed by atoms with E-state index in [0.717, 1.165) is 37.2 Å². The highest BCUT2D eigenvalue weighted by molar-refractivity contribution is 5.91. The molecule has 0 aliphatic heterocycles. The van der Waals surface area contributed by atoms with Crippen LogP contribution in [0.5, 0.6) is 5.75 Å². The van der Waals surface area contributed by atoms with Crippen molar-refractivity contribution < 1.29 is 18.3 Å². The van der Waals surface area contributed by atoms with E-state index in [9.17, 15) is 13.6 Å². The van der Waals surface area contributed by atoms with Crippen molar-refractivity contribution in [3.8, 4) is 11.8 Å². The average Bonchev–Trinajstić information content (AvgIpc) is 2.73. The maximum Gasteiger partial charge on any atom is 0.343 e. The van der Waals surface area contributed by atoms with Crippen LogP contribution in [0.3, 0.4) is 0 Å². The van der Waals surface area contributed by atoms with E-state index in [1.807, 2.05) is 0 Å². The molecule has 2 aromatic rings. The van der Waals surface area contributed by atoms with E-state index in [-0.39, 0.29) is 28.6 Å². The van der Waals surface area contributed by atoms with Crippen LogP contribution in [0.2, 0.25) is 0 Å². The Labute approximate surface area is 175 Å². The van der Waals surface area contributed by atoms with Crippen LogP contribution >= 0.6 is 0 Å². The van der Waals surface area contributed by atoms with E-state index in [2.05, 4.69) is 6.92 Å². The van der Waals surface area contributed by atoms with Gasteiger partial charge in [-0.15, -0.1) is 0 Å². The quantitative estimate of drug-likeness (QED) is 0.437. The second-order valence-corrected chi connectivity index (χ2v) is 8.83. The number of fused-ring (bicyclic) bond motifs is 1. The van der Waals surface area contributed by atoms with Gasteiger partial charge in [0.15, 0.2) is 0 Å². The summed E-state index contributed by atoms with van der Waals surface area (Å²) in [5.41, 5.74) is 0.626. The van der Waals surface area contributed by atoms with Crippen molar-refractivity contribution in [3.63, 3.8) is 0 Å². The molecule has 0 N–H and O–H groups in total. The monoisotopic (exact) mass is 409 g/mol. The molecule has 0 bridgehead atoms. The minimum absolute atomic E-state index is 0.0224. The zero-order valence-electron chi connectivity index (χ0n) is 17.0. The second kappa shape index (κ2) is 8.55. The van der Waals surface area contributed by atoms with Gasteiger partial charge in [-0.2, -0.15) is 5.26 Å². The lowest BCUT2D eigenvalue weighted by Gasteiger charge is -2.41. The Morgan fingerprint density at radius 3 is 2.50 bits per heavy atom. The molecule has 4 atom stereocenters. The van der Waals surface area contributed by atoms with Crippen LogP contribution in [0.25, 0.3) is 0 Å². The molecule has 2 aromatic carbocycles. The number of ether oxygens (including phenoxy) is 1. The molecule has 5 heteroatoms. The molecule has 3 nitrogen and oxygen atoms in total. The first-order chi connectivity index (χ1) is 14.4. The zero-order valence-corrected chi connectivity index (χ0v) is 17.0. The summed E-state index contributed by atoms with van der Waals surface area (Å²) in [5.74, 6) is 0.512. The van der Waals surface area contributed by atoms with E-state index in [0.29, 0.717) is 11.5 Å². The van der Waals surface area contributed by atoms with Crippen molar-refractivity contribution >= 4 is 5.97 Å². The molecule has 4 unspecified atom stereocenters. The zero-order chi connectivity index (χ0) is 21.3. The minimum atomic E-state index is -0.767. The maximum absolute atomic E-state index is 14.9. The number of carbonyl (C=O) groups excluding carboxylic acids is 1. The van der Waals surface area contributed by atoms with E-state index in [1.54, 1.807) is 18.2 Å². The molecule has 0 spiro atoms. The van der Waals surface area contributed by atoms with Crippen molar-refractivity contribution in [3.05, 3.63) is 64.7 Å². The van der Waals surface area contributed by atoms with Crippen LogP contribution in [0, 0.1) is 40.7 Å². The van der Waals surface area contributed by atoms with Crippen molar-refractivity contribution in [1.29, 1.82) is 5.26 Å². The fourth-order valence-corrected chi connectivity index (χ4v) is 5.21. The summed E-state index contributed by atoms with van der Waals surface area (Å²) in [6.07, 6.45) is 6.93. The Hall–Kier alpha value is -2.74. The molecule has 0 aromatic heterocycles. The molecule has 2 fully saturated rings. The highest BCUT2D eigenvalue weighted by Gasteiger charge is 2.35. The van der Waals surface area contributed by atoms with Gasteiger partial charge in [0.1, 0.15) is 23.5 Å². The molecule has 2 saturated carbocycles. The maximum atomic E-state index is 14.9. The molecular formula is C25H25F2NO2. The summed E-state index contributed by atoms with van der Waals surface area (Å²) in [7, 11) is 0. The first-order valence-corrected chi connectivity index (χ1v) is 10.7. The Morgan fingerprint density at radius 1 is 1.00 bits per heavy atom. The van der Waals surface area contributed by atoms with Crippen LogP contribution < -0.4 is 4.74 Å². The van der Waals surface area contributed by atoms with Gasteiger partial charge in [0, 0.05) is 6.07 Å². The average molecular weight is 409 g/mol. The van der Waals surface area contributed by atoms with Crippen LogP contribution in [0.4, 0.5) is 8.78 Å². The number of hydrogen-bond donors (Lipinski definition) is 0. The smallest absolute Gasteiger partial charge is 0.343 e. The lowest BCUT2D eigenvalue weighted by atomic mass is 9.64. The normalized spacial score (nSPS) is 25.8. The molecule has 2 aliphatic rings. The lowest BCUT2D eigenvalue weighted by molar-refractivity contribution is 0.0733. The van der Waals surface area contributed by atoms with E-state index in [1.165, 1.54) is 37.5 Å². The summed E-state index contributed by atoms with van der Waals surface area (Å²) >= 11 is 0. The number of rotatable bonds is 3. The molecule has 4 rings (SSSR count). The Morgan fingerprint density at radius 2 is 1.77 bits per heavy atom. The standard InChI is InChI=1S/C25H25F2NO2/c1-15-2-3-17-11-18(5-4-16(17)10-15)22-9-7-19(12-24(22)27)25(29)30-21-8-6-20(14-28)23(26)13-21/h6-9,12-13,15-18H,2-5,10-11H2,1H3. The second-order valence-electron chi connectivity index (χ2n) is 8.83. The summed E-state index contributed by atoms with van der Waals surface area (Å²) in [5, 5.41) is 8.77. The topological polar surface area (TPSA) is 50.1 Å². The van der Waals surface area contributed by atoms with Gasteiger partial charge >= 0.3 is 5.97 Å². The molecule has 0 heterocycles. The fourth-order valence-electron chi connectivity index (χ4n) is 5.21. The van der Waals surface area contributed by atoms with Gasteiger partial charge in [0.2, 0.25) is 0 Å².